The van der Waals surface area contributed by atoms with Crippen LogP contribution >= 0.6 is 15.9 Å². The van der Waals surface area contributed by atoms with Crippen LogP contribution < -0.4 is 4.74 Å². The van der Waals surface area contributed by atoms with Crippen molar-refractivity contribution in [1.82, 2.24) is 9.97 Å². The fourth-order valence-electron chi connectivity index (χ4n) is 2.03. The molecule has 5 nitrogen and oxygen atoms in total. The quantitative estimate of drug-likeness (QED) is 0.729. The second-order valence-corrected chi connectivity index (χ2v) is 5.03. The zero-order valence-electron chi connectivity index (χ0n) is 10.4. The Balaban J connectivity index is 2.43. The van der Waals surface area contributed by atoms with E-state index in [-0.39, 0.29) is 5.56 Å². The van der Waals surface area contributed by atoms with Crippen molar-refractivity contribution in [2.75, 3.05) is 7.11 Å². The molecule has 0 spiro atoms. The zero-order valence-corrected chi connectivity index (χ0v) is 12.0. The molecule has 3 aromatic rings. The molecule has 0 saturated carbocycles. The van der Waals surface area contributed by atoms with Crippen molar-refractivity contribution in [2.45, 2.75) is 0 Å². The average Bonchev–Trinajstić information content (AvgIpc) is 2.44. The highest BCUT2D eigenvalue weighted by Crippen LogP contribution is 2.29. The lowest BCUT2D eigenvalue weighted by Gasteiger charge is -2.07. The predicted molar refractivity (Wildman–Crippen MR) is 78.3 cm³/mol. The second kappa shape index (κ2) is 4.72. The number of hydrogen-bond acceptors (Lipinski definition) is 4. The fraction of sp³-hybridized carbons (Fsp3) is 0.0714. The Bertz CT molecular complexity index is 849. The molecule has 6 heteroatoms. The Hall–Kier alpha value is -2.21. The molecule has 3 rings (SSSR count). The Labute approximate surface area is 122 Å². The number of hydrogen-bond donors (Lipinski definition) is 1. The minimum absolute atomic E-state index is 0.139. The van der Waals surface area contributed by atoms with Gasteiger partial charge >= 0.3 is 5.97 Å². The molecule has 0 atom stereocenters. The molecular formula is C14H9BrN2O3. The van der Waals surface area contributed by atoms with Gasteiger partial charge in [0.2, 0.25) is 0 Å². The number of methoxy groups -OCH3 is 1. The molecule has 1 heterocycles. The molecule has 0 aliphatic rings. The monoisotopic (exact) mass is 332 g/mol. The van der Waals surface area contributed by atoms with Crippen LogP contribution in [-0.4, -0.2) is 28.2 Å². The van der Waals surface area contributed by atoms with Crippen LogP contribution in [0.25, 0.3) is 22.1 Å². The van der Waals surface area contributed by atoms with Crippen molar-refractivity contribution in [3.05, 3.63) is 40.4 Å². The molecular weight excluding hydrogens is 324 g/mol. The molecule has 0 aliphatic heterocycles. The van der Waals surface area contributed by atoms with Crippen LogP contribution in [0.5, 0.6) is 5.75 Å². The van der Waals surface area contributed by atoms with E-state index in [0.29, 0.717) is 32.3 Å². The van der Waals surface area contributed by atoms with Gasteiger partial charge in [0.25, 0.3) is 0 Å². The van der Waals surface area contributed by atoms with Crippen molar-refractivity contribution < 1.29 is 14.6 Å². The van der Waals surface area contributed by atoms with Crippen LogP contribution in [-0.2, 0) is 0 Å². The Morgan fingerprint density at radius 1 is 1.20 bits per heavy atom. The lowest BCUT2D eigenvalue weighted by molar-refractivity contribution is 0.0699. The fourth-order valence-corrected chi connectivity index (χ4v) is 2.54. The average molecular weight is 333 g/mol. The first-order valence-corrected chi connectivity index (χ1v) is 6.57. The van der Waals surface area contributed by atoms with E-state index in [1.54, 1.807) is 31.4 Å². The maximum Gasteiger partial charge on any atom is 0.337 e. The summed E-state index contributed by atoms with van der Waals surface area (Å²) in [5.41, 5.74) is 2.30. The third kappa shape index (κ3) is 1.98. The molecule has 0 saturated heterocycles. The van der Waals surface area contributed by atoms with Gasteiger partial charge in [0.1, 0.15) is 16.8 Å². The first-order chi connectivity index (χ1) is 9.60. The van der Waals surface area contributed by atoms with Crippen LogP contribution in [0, 0.1) is 0 Å². The van der Waals surface area contributed by atoms with Crippen molar-refractivity contribution in [3.63, 3.8) is 0 Å². The normalized spacial score (nSPS) is 10.9. The number of ether oxygens (including phenoxy) is 1. The van der Waals surface area contributed by atoms with E-state index in [1.807, 2.05) is 0 Å². The number of para-hydroxylation sites is 1. The summed E-state index contributed by atoms with van der Waals surface area (Å²) in [6.07, 6.45) is 0. The topological polar surface area (TPSA) is 72.3 Å². The number of carboxylic acid groups (broad SMARTS) is 1. The van der Waals surface area contributed by atoms with Gasteiger partial charge < -0.3 is 9.84 Å². The van der Waals surface area contributed by atoms with E-state index in [9.17, 15) is 9.90 Å². The molecule has 1 aromatic heterocycles. The van der Waals surface area contributed by atoms with Crippen molar-refractivity contribution in [3.8, 4) is 5.75 Å². The molecule has 1 N–H and O–H groups in total. The SMILES string of the molecule is COc1cc(Br)c2nc3c(C(=O)O)cccc3nc2c1. The number of carbonyl (C=O) groups is 1. The lowest BCUT2D eigenvalue weighted by atomic mass is 10.1. The van der Waals surface area contributed by atoms with E-state index in [2.05, 4.69) is 25.9 Å². The highest BCUT2D eigenvalue weighted by molar-refractivity contribution is 9.10. The maximum atomic E-state index is 11.2. The summed E-state index contributed by atoms with van der Waals surface area (Å²) in [7, 11) is 1.57. The summed E-state index contributed by atoms with van der Waals surface area (Å²) >= 11 is 3.41. The van der Waals surface area contributed by atoms with Crippen molar-refractivity contribution >= 4 is 44.0 Å². The van der Waals surface area contributed by atoms with E-state index in [1.165, 1.54) is 6.07 Å². The van der Waals surface area contributed by atoms with Crippen molar-refractivity contribution in [1.29, 1.82) is 0 Å². The van der Waals surface area contributed by atoms with Crippen LogP contribution in [0.4, 0.5) is 0 Å². The summed E-state index contributed by atoms with van der Waals surface area (Å²) in [6.45, 7) is 0. The summed E-state index contributed by atoms with van der Waals surface area (Å²) in [6, 6.07) is 8.44. The van der Waals surface area contributed by atoms with E-state index < -0.39 is 5.97 Å². The largest absolute Gasteiger partial charge is 0.497 e. The van der Waals surface area contributed by atoms with Gasteiger partial charge in [-0.15, -0.1) is 0 Å². The Kier molecular flexibility index (Phi) is 3.02. The Morgan fingerprint density at radius 2 is 2.00 bits per heavy atom. The summed E-state index contributed by atoms with van der Waals surface area (Å²) < 4.78 is 5.89. The van der Waals surface area contributed by atoms with Crippen LogP contribution in [0.2, 0.25) is 0 Å². The number of nitrogens with zero attached hydrogens (tertiary/aromatic N) is 2. The molecule has 0 fully saturated rings. The predicted octanol–water partition coefficient (Wildman–Crippen LogP) is 3.25. The summed E-state index contributed by atoms with van der Waals surface area (Å²) in [5.74, 6) is -0.360. The smallest absolute Gasteiger partial charge is 0.337 e. The minimum Gasteiger partial charge on any atom is -0.497 e. The molecule has 0 bridgehead atoms. The van der Waals surface area contributed by atoms with E-state index in [4.69, 9.17) is 4.74 Å². The first-order valence-electron chi connectivity index (χ1n) is 5.77. The third-order valence-corrected chi connectivity index (χ3v) is 3.57. The van der Waals surface area contributed by atoms with Gasteiger partial charge in [-0.3, -0.25) is 0 Å². The van der Waals surface area contributed by atoms with Gasteiger partial charge in [-0.2, -0.15) is 0 Å². The molecule has 20 heavy (non-hydrogen) atoms. The molecule has 0 unspecified atom stereocenters. The molecule has 0 amide bonds. The number of fused-ring (bicyclic) bond motifs is 2. The van der Waals surface area contributed by atoms with Crippen LogP contribution in [0.1, 0.15) is 10.4 Å². The molecule has 0 aliphatic carbocycles. The standard InChI is InChI=1S/C14H9BrN2O3/c1-20-7-5-9(15)13-11(6-7)16-10-4-2-3-8(14(18)19)12(10)17-13/h2-6H,1H3,(H,18,19). The number of benzene rings is 2. The third-order valence-electron chi connectivity index (χ3n) is 2.96. The highest BCUT2D eigenvalue weighted by atomic mass is 79.9. The van der Waals surface area contributed by atoms with Crippen LogP contribution in [0.3, 0.4) is 0 Å². The van der Waals surface area contributed by atoms with Gasteiger partial charge in [-0.1, -0.05) is 6.07 Å². The van der Waals surface area contributed by atoms with Crippen molar-refractivity contribution in [2.24, 2.45) is 0 Å². The molecule has 0 radical (unpaired) electrons. The molecule has 100 valence electrons. The first kappa shape index (κ1) is 12.8. The van der Waals surface area contributed by atoms with E-state index in [0.717, 1.165) is 0 Å². The minimum atomic E-state index is -1.02. The number of aromatic carboxylic acids is 1. The molecule has 2 aromatic carbocycles. The number of rotatable bonds is 2. The van der Waals surface area contributed by atoms with Crippen LogP contribution in [0.15, 0.2) is 34.8 Å². The highest BCUT2D eigenvalue weighted by Gasteiger charge is 2.13. The van der Waals surface area contributed by atoms with Gasteiger partial charge in [0.05, 0.1) is 23.7 Å². The van der Waals surface area contributed by atoms with E-state index >= 15 is 0 Å². The van der Waals surface area contributed by atoms with Gasteiger partial charge in [0, 0.05) is 10.5 Å². The number of halogens is 1. The maximum absolute atomic E-state index is 11.2. The summed E-state index contributed by atoms with van der Waals surface area (Å²) in [4.78, 5) is 20.1. The Morgan fingerprint density at radius 3 is 2.70 bits per heavy atom. The number of carboxylic acids is 1. The number of aromatic nitrogens is 2. The van der Waals surface area contributed by atoms with Gasteiger partial charge in [-0.05, 0) is 34.1 Å². The lowest BCUT2D eigenvalue weighted by Crippen LogP contribution is -2.00. The van der Waals surface area contributed by atoms with Gasteiger partial charge in [-0.25, -0.2) is 14.8 Å². The van der Waals surface area contributed by atoms with Gasteiger partial charge in [0.15, 0.2) is 0 Å². The zero-order chi connectivity index (χ0) is 14.3. The second-order valence-electron chi connectivity index (χ2n) is 4.18. The summed E-state index contributed by atoms with van der Waals surface area (Å²) in [5, 5.41) is 9.21.